The first kappa shape index (κ1) is 13.0. The van der Waals surface area contributed by atoms with Gasteiger partial charge in [-0.3, -0.25) is 0 Å². The van der Waals surface area contributed by atoms with E-state index in [9.17, 15) is 4.79 Å². The highest BCUT2D eigenvalue weighted by molar-refractivity contribution is 7.13. The molecule has 0 saturated heterocycles. The minimum absolute atomic E-state index is 0.328. The second-order valence-electron chi connectivity index (χ2n) is 4.77. The van der Waals surface area contributed by atoms with Crippen molar-refractivity contribution in [3.63, 3.8) is 0 Å². The molecule has 2 N–H and O–H groups in total. The van der Waals surface area contributed by atoms with E-state index in [0.29, 0.717) is 10.7 Å². The van der Waals surface area contributed by atoms with E-state index in [1.165, 1.54) is 22.7 Å². The van der Waals surface area contributed by atoms with Crippen molar-refractivity contribution in [1.29, 1.82) is 0 Å². The zero-order chi connectivity index (χ0) is 13.3. The van der Waals surface area contributed by atoms with Crippen LogP contribution >= 0.6 is 22.7 Å². The maximum absolute atomic E-state index is 12.1. The molecule has 0 spiro atoms. The van der Waals surface area contributed by atoms with Gasteiger partial charge in [0.25, 0.3) is 0 Å². The SMILES string of the molecule is CC(C)(C)OC(=O)c1cscc1-c1csc(N)n1. The van der Waals surface area contributed by atoms with Crippen LogP contribution in [0.25, 0.3) is 11.3 Å². The smallest absolute Gasteiger partial charge is 0.340 e. The van der Waals surface area contributed by atoms with Crippen molar-refractivity contribution in [2.45, 2.75) is 26.4 Å². The van der Waals surface area contributed by atoms with Gasteiger partial charge in [0, 0.05) is 21.7 Å². The molecule has 2 rings (SSSR count). The fraction of sp³-hybridized carbons (Fsp3) is 0.333. The van der Waals surface area contributed by atoms with E-state index in [4.69, 9.17) is 10.5 Å². The zero-order valence-corrected chi connectivity index (χ0v) is 12.0. The zero-order valence-electron chi connectivity index (χ0n) is 10.4. The maximum atomic E-state index is 12.1. The summed E-state index contributed by atoms with van der Waals surface area (Å²) in [6, 6.07) is 0. The summed E-state index contributed by atoms with van der Waals surface area (Å²) in [4.78, 5) is 16.2. The quantitative estimate of drug-likeness (QED) is 0.857. The lowest BCUT2D eigenvalue weighted by molar-refractivity contribution is 0.00710. The average Bonchev–Trinajstić information content (AvgIpc) is 2.81. The van der Waals surface area contributed by atoms with Gasteiger partial charge in [0.1, 0.15) is 5.60 Å². The fourth-order valence-corrected chi connectivity index (χ4v) is 2.77. The standard InChI is InChI=1S/C12H14N2O2S2/c1-12(2,3)16-10(15)8-5-17-4-7(8)9-6-18-11(13)14-9/h4-6H,1-3H3,(H2,13,14). The van der Waals surface area contributed by atoms with Crippen molar-refractivity contribution >= 4 is 33.8 Å². The Morgan fingerprint density at radius 3 is 2.61 bits per heavy atom. The van der Waals surface area contributed by atoms with Gasteiger partial charge in [0.05, 0.1) is 11.3 Å². The van der Waals surface area contributed by atoms with Gasteiger partial charge in [-0.15, -0.1) is 11.3 Å². The Bertz CT molecular complexity index is 567. The Morgan fingerprint density at radius 2 is 2.06 bits per heavy atom. The van der Waals surface area contributed by atoms with Crippen LogP contribution in [-0.4, -0.2) is 16.6 Å². The molecule has 18 heavy (non-hydrogen) atoms. The highest BCUT2D eigenvalue weighted by Gasteiger charge is 2.22. The molecule has 96 valence electrons. The minimum atomic E-state index is -0.503. The molecule has 0 aliphatic carbocycles. The lowest BCUT2D eigenvalue weighted by Crippen LogP contribution is -2.23. The largest absolute Gasteiger partial charge is 0.456 e. The van der Waals surface area contributed by atoms with Crippen LogP contribution in [-0.2, 0) is 4.74 Å². The van der Waals surface area contributed by atoms with Crippen LogP contribution < -0.4 is 5.73 Å². The van der Waals surface area contributed by atoms with Gasteiger partial charge < -0.3 is 10.5 Å². The summed E-state index contributed by atoms with van der Waals surface area (Å²) in [5.41, 5.74) is 7.15. The van der Waals surface area contributed by atoms with Crippen molar-refractivity contribution in [3.8, 4) is 11.3 Å². The summed E-state index contributed by atoms with van der Waals surface area (Å²) < 4.78 is 5.36. The molecule has 0 radical (unpaired) electrons. The number of thiophene rings is 1. The molecule has 0 aliphatic rings. The van der Waals surface area contributed by atoms with E-state index < -0.39 is 5.60 Å². The van der Waals surface area contributed by atoms with Gasteiger partial charge in [-0.1, -0.05) is 0 Å². The molecule has 2 heterocycles. The van der Waals surface area contributed by atoms with E-state index in [-0.39, 0.29) is 5.97 Å². The number of nitrogen functional groups attached to an aromatic ring is 1. The predicted molar refractivity (Wildman–Crippen MR) is 75.0 cm³/mol. The van der Waals surface area contributed by atoms with Gasteiger partial charge in [-0.2, -0.15) is 11.3 Å². The number of esters is 1. The topological polar surface area (TPSA) is 65.2 Å². The normalized spacial score (nSPS) is 11.5. The molecule has 4 nitrogen and oxygen atoms in total. The van der Waals surface area contributed by atoms with Crippen LogP contribution in [0.3, 0.4) is 0 Å². The first-order valence-corrected chi connectivity index (χ1v) is 7.20. The summed E-state index contributed by atoms with van der Waals surface area (Å²) >= 11 is 2.80. The Kier molecular flexibility index (Phi) is 3.41. The molecular weight excluding hydrogens is 268 g/mol. The summed E-state index contributed by atoms with van der Waals surface area (Å²) in [6.07, 6.45) is 0. The Hall–Kier alpha value is -1.40. The Labute approximate surface area is 113 Å². The van der Waals surface area contributed by atoms with Crippen molar-refractivity contribution in [2.75, 3.05) is 5.73 Å². The molecule has 0 aliphatic heterocycles. The molecule has 0 unspecified atom stereocenters. The molecule has 0 amide bonds. The van der Waals surface area contributed by atoms with Gasteiger partial charge in [0.15, 0.2) is 5.13 Å². The summed E-state index contributed by atoms with van der Waals surface area (Å²) in [6.45, 7) is 5.54. The second kappa shape index (κ2) is 4.70. The van der Waals surface area contributed by atoms with Crippen molar-refractivity contribution in [1.82, 2.24) is 4.98 Å². The molecule has 0 aromatic carbocycles. The number of carbonyl (C=O) groups is 1. The average molecular weight is 282 g/mol. The molecule has 0 fully saturated rings. The number of thiazole rings is 1. The number of aromatic nitrogens is 1. The molecule has 2 aromatic heterocycles. The number of hydrogen-bond acceptors (Lipinski definition) is 6. The van der Waals surface area contributed by atoms with Crippen LogP contribution in [0, 0.1) is 0 Å². The summed E-state index contributed by atoms with van der Waals surface area (Å²) in [7, 11) is 0. The van der Waals surface area contributed by atoms with E-state index in [2.05, 4.69) is 4.98 Å². The highest BCUT2D eigenvalue weighted by Crippen LogP contribution is 2.30. The predicted octanol–water partition coefficient (Wildman–Crippen LogP) is 3.41. The van der Waals surface area contributed by atoms with Gasteiger partial charge in [-0.25, -0.2) is 9.78 Å². The third-order valence-corrected chi connectivity index (χ3v) is 3.50. The molecule has 0 saturated carbocycles. The van der Waals surface area contributed by atoms with Crippen LogP contribution in [0.15, 0.2) is 16.1 Å². The molecule has 0 atom stereocenters. The van der Waals surface area contributed by atoms with E-state index in [0.717, 1.165) is 11.3 Å². The van der Waals surface area contributed by atoms with Crippen LogP contribution in [0.1, 0.15) is 31.1 Å². The first-order valence-electron chi connectivity index (χ1n) is 5.38. The maximum Gasteiger partial charge on any atom is 0.340 e. The van der Waals surface area contributed by atoms with Crippen molar-refractivity contribution < 1.29 is 9.53 Å². The number of ether oxygens (including phenoxy) is 1. The number of anilines is 1. The van der Waals surface area contributed by atoms with Crippen molar-refractivity contribution in [2.24, 2.45) is 0 Å². The van der Waals surface area contributed by atoms with Gasteiger partial charge in [-0.05, 0) is 20.8 Å². The summed E-state index contributed by atoms with van der Waals surface area (Å²) in [5, 5.41) is 5.99. The third-order valence-electron chi connectivity index (χ3n) is 2.08. The molecule has 6 heteroatoms. The van der Waals surface area contributed by atoms with Gasteiger partial charge in [0.2, 0.25) is 0 Å². The first-order chi connectivity index (χ1) is 8.37. The van der Waals surface area contributed by atoms with Crippen LogP contribution in [0.5, 0.6) is 0 Å². The number of rotatable bonds is 2. The van der Waals surface area contributed by atoms with Crippen LogP contribution in [0.4, 0.5) is 5.13 Å². The van der Waals surface area contributed by atoms with Crippen molar-refractivity contribution in [3.05, 3.63) is 21.7 Å². The lowest BCUT2D eigenvalue weighted by atomic mass is 10.1. The Balaban J connectivity index is 2.31. The number of nitrogens with zero attached hydrogens (tertiary/aromatic N) is 1. The third kappa shape index (κ3) is 2.88. The fourth-order valence-electron chi connectivity index (χ4n) is 1.40. The summed E-state index contributed by atoms with van der Waals surface area (Å²) in [5.74, 6) is -0.328. The molecular formula is C12H14N2O2S2. The molecule has 2 aromatic rings. The van der Waals surface area contributed by atoms with E-state index in [1.807, 2.05) is 31.5 Å². The number of hydrogen-bond donors (Lipinski definition) is 1. The van der Waals surface area contributed by atoms with Gasteiger partial charge >= 0.3 is 5.97 Å². The monoisotopic (exact) mass is 282 g/mol. The minimum Gasteiger partial charge on any atom is -0.456 e. The van der Waals surface area contributed by atoms with E-state index >= 15 is 0 Å². The Morgan fingerprint density at radius 1 is 1.33 bits per heavy atom. The lowest BCUT2D eigenvalue weighted by Gasteiger charge is -2.19. The van der Waals surface area contributed by atoms with E-state index in [1.54, 1.807) is 5.38 Å². The number of carbonyl (C=O) groups excluding carboxylic acids is 1. The second-order valence-corrected chi connectivity index (χ2v) is 6.41. The van der Waals surface area contributed by atoms with Crippen LogP contribution in [0.2, 0.25) is 0 Å². The molecule has 0 bridgehead atoms. The highest BCUT2D eigenvalue weighted by atomic mass is 32.1. The number of nitrogens with two attached hydrogens (primary N) is 1.